The van der Waals surface area contributed by atoms with Crippen molar-refractivity contribution < 1.29 is 4.79 Å². The molecule has 1 aromatic carbocycles. The molecule has 3 rings (SSSR count). The van der Waals surface area contributed by atoms with Gasteiger partial charge in [0.05, 0.1) is 6.54 Å². The first-order chi connectivity index (χ1) is 11.7. The minimum atomic E-state index is 0.283. The van der Waals surface area contributed by atoms with Crippen LogP contribution in [0, 0.1) is 0 Å². The fourth-order valence-corrected chi connectivity index (χ4v) is 3.55. The summed E-state index contributed by atoms with van der Waals surface area (Å²) in [7, 11) is 0. The van der Waals surface area contributed by atoms with Crippen LogP contribution in [0.4, 0.5) is 5.69 Å². The summed E-state index contributed by atoms with van der Waals surface area (Å²) in [5, 5.41) is 0.770. The van der Waals surface area contributed by atoms with E-state index < -0.39 is 0 Å². The Morgan fingerprint density at radius 1 is 0.917 bits per heavy atom. The van der Waals surface area contributed by atoms with E-state index in [4.69, 9.17) is 11.6 Å². The third-order valence-electron chi connectivity index (χ3n) is 5.10. The molecule has 0 radical (unpaired) electrons. The first-order valence-corrected chi connectivity index (χ1v) is 9.26. The smallest absolute Gasteiger partial charge is 0.236 e. The van der Waals surface area contributed by atoms with Gasteiger partial charge in [-0.3, -0.25) is 9.69 Å². The third-order valence-corrected chi connectivity index (χ3v) is 5.35. The molecule has 0 N–H and O–H groups in total. The van der Waals surface area contributed by atoms with Crippen LogP contribution in [0.1, 0.15) is 6.92 Å². The molecule has 0 bridgehead atoms. The lowest BCUT2D eigenvalue weighted by molar-refractivity contribution is -0.134. The molecule has 0 aliphatic carbocycles. The Kier molecular flexibility index (Phi) is 5.98. The van der Waals surface area contributed by atoms with Gasteiger partial charge in [-0.25, -0.2) is 0 Å². The Hall–Kier alpha value is -1.30. The first kappa shape index (κ1) is 17.5. The predicted molar refractivity (Wildman–Crippen MR) is 98.8 cm³/mol. The number of rotatable bonds is 4. The number of nitrogens with zero attached hydrogens (tertiary/aromatic N) is 4. The normalized spacial score (nSPS) is 20.4. The van der Waals surface area contributed by atoms with Crippen molar-refractivity contribution in [2.75, 3.05) is 70.3 Å². The molecule has 2 saturated heterocycles. The summed E-state index contributed by atoms with van der Waals surface area (Å²) in [6.07, 6.45) is 0. The summed E-state index contributed by atoms with van der Waals surface area (Å²) >= 11 is 5.95. The van der Waals surface area contributed by atoms with Crippen LogP contribution >= 0.6 is 11.6 Å². The number of anilines is 1. The van der Waals surface area contributed by atoms with Gasteiger partial charge in [0.15, 0.2) is 0 Å². The lowest BCUT2D eigenvalue weighted by Crippen LogP contribution is -2.53. The van der Waals surface area contributed by atoms with Crippen LogP contribution in [-0.2, 0) is 4.79 Å². The monoisotopic (exact) mass is 350 g/mol. The van der Waals surface area contributed by atoms with Crippen LogP contribution in [0.15, 0.2) is 24.3 Å². The van der Waals surface area contributed by atoms with Crippen molar-refractivity contribution in [1.82, 2.24) is 14.7 Å². The van der Waals surface area contributed by atoms with Gasteiger partial charge in [0.25, 0.3) is 0 Å². The maximum Gasteiger partial charge on any atom is 0.236 e. The number of carbonyl (C=O) groups excluding carboxylic acids is 1. The van der Waals surface area contributed by atoms with Gasteiger partial charge in [0.1, 0.15) is 0 Å². The van der Waals surface area contributed by atoms with Crippen molar-refractivity contribution in [1.29, 1.82) is 0 Å². The number of likely N-dealkylation sites (N-methyl/N-ethyl adjacent to an activating group) is 1. The molecular formula is C18H27ClN4O. The van der Waals surface area contributed by atoms with Gasteiger partial charge in [-0.05, 0) is 30.8 Å². The minimum absolute atomic E-state index is 0.283. The molecule has 0 unspecified atom stereocenters. The number of benzene rings is 1. The molecule has 5 nitrogen and oxygen atoms in total. The van der Waals surface area contributed by atoms with E-state index in [2.05, 4.69) is 33.8 Å². The third kappa shape index (κ3) is 4.41. The maximum absolute atomic E-state index is 12.5. The SMILES string of the molecule is CCN1CCN(C(=O)CN2CCN(c3ccc(Cl)cc3)CC2)CC1. The molecule has 6 heteroatoms. The lowest BCUT2D eigenvalue weighted by atomic mass is 10.2. The van der Waals surface area contributed by atoms with E-state index in [1.54, 1.807) is 0 Å². The van der Waals surface area contributed by atoms with Crippen LogP contribution < -0.4 is 4.90 Å². The zero-order chi connectivity index (χ0) is 16.9. The summed E-state index contributed by atoms with van der Waals surface area (Å²) in [6.45, 7) is 11.4. The highest BCUT2D eigenvalue weighted by atomic mass is 35.5. The molecule has 2 aliphatic rings. The Morgan fingerprint density at radius 3 is 2.08 bits per heavy atom. The highest BCUT2D eigenvalue weighted by molar-refractivity contribution is 6.30. The average molecular weight is 351 g/mol. The molecule has 24 heavy (non-hydrogen) atoms. The highest BCUT2D eigenvalue weighted by Gasteiger charge is 2.24. The zero-order valence-corrected chi connectivity index (χ0v) is 15.2. The molecule has 0 spiro atoms. The van der Waals surface area contributed by atoms with Crippen LogP contribution in [0.5, 0.6) is 0 Å². The molecule has 2 heterocycles. The number of amides is 1. The summed E-state index contributed by atoms with van der Waals surface area (Å²) in [6, 6.07) is 8.00. The fourth-order valence-electron chi connectivity index (χ4n) is 3.42. The second kappa shape index (κ2) is 8.19. The van der Waals surface area contributed by atoms with Crippen molar-refractivity contribution >= 4 is 23.2 Å². The standard InChI is InChI=1S/C18H27ClN4O/c1-2-20-7-13-23(14-8-20)18(24)15-21-9-11-22(12-10-21)17-5-3-16(19)4-6-17/h3-6H,2,7-15H2,1H3. The number of piperazine rings is 2. The largest absolute Gasteiger partial charge is 0.369 e. The number of halogens is 1. The van der Waals surface area contributed by atoms with Crippen molar-refractivity contribution in [3.05, 3.63) is 29.3 Å². The molecule has 132 valence electrons. The zero-order valence-electron chi connectivity index (χ0n) is 14.5. The topological polar surface area (TPSA) is 30.0 Å². The van der Waals surface area contributed by atoms with Gasteiger partial charge in [-0.1, -0.05) is 18.5 Å². The predicted octanol–water partition coefficient (Wildman–Crippen LogP) is 1.63. The van der Waals surface area contributed by atoms with Crippen molar-refractivity contribution in [3.63, 3.8) is 0 Å². The van der Waals surface area contributed by atoms with E-state index in [-0.39, 0.29) is 5.91 Å². The molecular weight excluding hydrogens is 324 g/mol. The van der Waals surface area contributed by atoms with Crippen molar-refractivity contribution in [2.24, 2.45) is 0 Å². The van der Waals surface area contributed by atoms with Crippen LogP contribution in [0.25, 0.3) is 0 Å². The average Bonchev–Trinajstić information content (AvgIpc) is 2.63. The summed E-state index contributed by atoms with van der Waals surface area (Å²) < 4.78 is 0. The maximum atomic E-state index is 12.5. The van der Waals surface area contributed by atoms with E-state index in [1.807, 2.05) is 17.0 Å². The summed E-state index contributed by atoms with van der Waals surface area (Å²) in [5.74, 6) is 0.283. The molecule has 0 atom stereocenters. The molecule has 2 aliphatic heterocycles. The molecule has 2 fully saturated rings. The molecule has 1 aromatic rings. The van der Waals surface area contributed by atoms with E-state index >= 15 is 0 Å². The fraction of sp³-hybridized carbons (Fsp3) is 0.611. The van der Waals surface area contributed by atoms with E-state index in [1.165, 1.54) is 5.69 Å². The molecule has 0 saturated carbocycles. The Balaban J connectivity index is 1.43. The highest BCUT2D eigenvalue weighted by Crippen LogP contribution is 2.19. The Labute approximate surface area is 149 Å². The molecule has 1 amide bonds. The van der Waals surface area contributed by atoms with Gasteiger partial charge in [-0.2, -0.15) is 0 Å². The van der Waals surface area contributed by atoms with Gasteiger partial charge >= 0.3 is 0 Å². The Morgan fingerprint density at radius 2 is 1.50 bits per heavy atom. The van der Waals surface area contributed by atoms with Gasteiger partial charge in [0, 0.05) is 63.1 Å². The van der Waals surface area contributed by atoms with Crippen LogP contribution in [0.2, 0.25) is 5.02 Å². The summed E-state index contributed by atoms with van der Waals surface area (Å²) in [4.78, 5) is 21.5. The number of hydrogen-bond acceptors (Lipinski definition) is 4. The van der Waals surface area contributed by atoms with Crippen LogP contribution in [0.3, 0.4) is 0 Å². The Bertz CT molecular complexity index is 534. The first-order valence-electron chi connectivity index (χ1n) is 8.88. The number of carbonyl (C=O) groups is 1. The van der Waals surface area contributed by atoms with Gasteiger partial charge in [0.2, 0.25) is 5.91 Å². The summed E-state index contributed by atoms with van der Waals surface area (Å²) in [5.41, 5.74) is 1.21. The second-order valence-corrected chi connectivity index (χ2v) is 6.99. The van der Waals surface area contributed by atoms with E-state index in [0.29, 0.717) is 6.54 Å². The van der Waals surface area contributed by atoms with Crippen molar-refractivity contribution in [2.45, 2.75) is 6.92 Å². The van der Waals surface area contributed by atoms with Gasteiger partial charge in [-0.15, -0.1) is 0 Å². The minimum Gasteiger partial charge on any atom is -0.369 e. The van der Waals surface area contributed by atoms with Crippen molar-refractivity contribution in [3.8, 4) is 0 Å². The van der Waals surface area contributed by atoms with Gasteiger partial charge < -0.3 is 14.7 Å². The quantitative estimate of drug-likeness (QED) is 0.825. The molecule has 0 aromatic heterocycles. The van der Waals surface area contributed by atoms with Crippen LogP contribution in [-0.4, -0.2) is 86.1 Å². The second-order valence-electron chi connectivity index (χ2n) is 6.55. The number of hydrogen-bond donors (Lipinski definition) is 0. The lowest BCUT2D eigenvalue weighted by Gasteiger charge is -2.38. The van der Waals surface area contributed by atoms with E-state index in [0.717, 1.165) is 63.9 Å². The van der Waals surface area contributed by atoms with E-state index in [9.17, 15) is 4.79 Å².